The van der Waals surface area contributed by atoms with Crippen molar-refractivity contribution in [3.8, 4) is 0 Å². The standard InChI is InChI=1S/C14H17FN2S/c15-12-2-1-11-9-17(14(16)13(11)7-12)8-10-3-5-18-6-4-10/h1-2,7,10,16H,3-6,8-9H2. The van der Waals surface area contributed by atoms with Crippen molar-refractivity contribution in [2.24, 2.45) is 5.92 Å². The Morgan fingerprint density at radius 2 is 2.11 bits per heavy atom. The monoisotopic (exact) mass is 264 g/mol. The number of nitrogens with zero attached hydrogens (tertiary/aromatic N) is 1. The summed E-state index contributed by atoms with van der Waals surface area (Å²) >= 11 is 2.02. The van der Waals surface area contributed by atoms with Gasteiger partial charge in [0.05, 0.1) is 0 Å². The number of fused-ring (bicyclic) bond motifs is 1. The van der Waals surface area contributed by atoms with Crippen molar-refractivity contribution in [1.29, 1.82) is 5.41 Å². The van der Waals surface area contributed by atoms with Gasteiger partial charge in [0.1, 0.15) is 11.7 Å². The molecule has 0 unspecified atom stereocenters. The second-order valence-electron chi connectivity index (χ2n) is 5.09. The molecule has 4 heteroatoms. The van der Waals surface area contributed by atoms with Gasteiger partial charge in [-0.2, -0.15) is 11.8 Å². The Morgan fingerprint density at radius 3 is 2.89 bits per heavy atom. The van der Waals surface area contributed by atoms with E-state index in [4.69, 9.17) is 5.41 Å². The van der Waals surface area contributed by atoms with Crippen molar-refractivity contribution in [3.05, 3.63) is 35.1 Å². The third kappa shape index (κ3) is 2.26. The number of amidine groups is 1. The minimum atomic E-state index is -0.241. The summed E-state index contributed by atoms with van der Waals surface area (Å²) < 4.78 is 13.2. The van der Waals surface area contributed by atoms with Crippen LogP contribution in [0.1, 0.15) is 24.0 Å². The second-order valence-corrected chi connectivity index (χ2v) is 6.31. The Labute approximate surface area is 111 Å². The van der Waals surface area contributed by atoms with Crippen LogP contribution in [0.2, 0.25) is 0 Å². The third-order valence-electron chi connectivity index (χ3n) is 3.82. The SMILES string of the molecule is N=C1c2cc(F)ccc2CN1CC1CCSCC1. The largest absolute Gasteiger partial charge is 0.352 e. The van der Waals surface area contributed by atoms with Crippen LogP contribution in [0.3, 0.4) is 0 Å². The van der Waals surface area contributed by atoms with Crippen LogP contribution in [0.25, 0.3) is 0 Å². The maximum absolute atomic E-state index is 13.2. The highest BCUT2D eigenvalue weighted by atomic mass is 32.2. The van der Waals surface area contributed by atoms with E-state index in [2.05, 4.69) is 4.90 Å². The smallest absolute Gasteiger partial charge is 0.128 e. The molecular weight excluding hydrogens is 247 g/mol. The summed E-state index contributed by atoms with van der Waals surface area (Å²) in [7, 11) is 0. The zero-order valence-corrected chi connectivity index (χ0v) is 11.1. The van der Waals surface area contributed by atoms with E-state index in [1.165, 1.54) is 36.5 Å². The number of hydrogen-bond donors (Lipinski definition) is 1. The van der Waals surface area contributed by atoms with E-state index < -0.39 is 0 Å². The van der Waals surface area contributed by atoms with Crippen LogP contribution >= 0.6 is 11.8 Å². The highest BCUT2D eigenvalue weighted by molar-refractivity contribution is 7.99. The first-order valence-electron chi connectivity index (χ1n) is 6.44. The van der Waals surface area contributed by atoms with Crippen LogP contribution in [0.15, 0.2) is 18.2 Å². The van der Waals surface area contributed by atoms with Crippen molar-refractivity contribution in [1.82, 2.24) is 4.90 Å². The highest BCUT2D eigenvalue weighted by Crippen LogP contribution is 2.28. The van der Waals surface area contributed by atoms with Gasteiger partial charge in [-0.05, 0) is 48.0 Å². The molecule has 1 aromatic carbocycles. The average molecular weight is 264 g/mol. The topological polar surface area (TPSA) is 27.1 Å². The second kappa shape index (κ2) is 4.92. The maximum atomic E-state index is 13.2. The lowest BCUT2D eigenvalue weighted by Gasteiger charge is -2.27. The summed E-state index contributed by atoms with van der Waals surface area (Å²) in [6, 6.07) is 4.80. The molecule has 0 atom stereocenters. The number of halogens is 1. The average Bonchev–Trinajstić information content (AvgIpc) is 2.68. The van der Waals surface area contributed by atoms with E-state index in [0.29, 0.717) is 11.8 Å². The van der Waals surface area contributed by atoms with Crippen LogP contribution in [0.5, 0.6) is 0 Å². The summed E-state index contributed by atoms with van der Waals surface area (Å²) in [5, 5.41) is 8.16. The molecule has 1 N–H and O–H groups in total. The van der Waals surface area contributed by atoms with Crippen LogP contribution in [-0.2, 0) is 6.54 Å². The van der Waals surface area contributed by atoms with Crippen LogP contribution < -0.4 is 0 Å². The number of rotatable bonds is 2. The molecule has 2 aliphatic rings. The molecule has 0 spiro atoms. The Morgan fingerprint density at radius 1 is 1.33 bits per heavy atom. The summed E-state index contributed by atoms with van der Waals surface area (Å²) in [4.78, 5) is 2.10. The van der Waals surface area contributed by atoms with Crippen LogP contribution in [0, 0.1) is 17.1 Å². The molecule has 18 heavy (non-hydrogen) atoms. The lowest BCUT2D eigenvalue weighted by atomic mass is 10.0. The summed E-state index contributed by atoms with van der Waals surface area (Å²) in [5.41, 5.74) is 1.87. The summed E-state index contributed by atoms with van der Waals surface area (Å²) in [6.45, 7) is 1.73. The molecule has 0 aliphatic carbocycles. The lowest BCUT2D eigenvalue weighted by Crippen LogP contribution is -2.31. The first-order chi connectivity index (χ1) is 8.74. The van der Waals surface area contributed by atoms with Gasteiger partial charge in [-0.25, -0.2) is 4.39 Å². The Bertz CT molecular complexity index is 469. The van der Waals surface area contributed by atoms with Gasteiger partial charge in [0.25, 0.3) is 0 Å². The van der Waals surface area contributed by atoms with Crippen LogP contribution in [-0.4, -0.2) is 28.8 Å². The van der Waals surface area contributed by atoms with Crippen molar-refractivity contribution < 1.29 is 4.39 Å². The first kappa shape index (κ1) is 12.0. The Balaban J connectivity index is 1.71. The molecule has 0 aromatic heterocycles. The van der Waals surface area contributed by atoms with E-state index in [-0.39, 0.29) is 5.82 Å². The molecule has 3 rings (SSSR count). The van der Waals surface area contributed by atoms with Crippen molar-refractivity contribution in [3.63, 3.8) is 0 Å². The van der Waals surface area contributed by atoms with Gasteiger partial charge in [-0.15, -0.1) is 0 Å². The van der Waals surface area contributed by atoms with E-state index in [0.717, 1.165) is 24.2 Å². The number of thioether (sulfide) groups is 1. The van der Waals surface area contributed by atoms with Crippen molar-refractivity contribution in [2.75, 3.05) is 18.1 Å². The van der Waals surface area contributed by atoms with E-state index in [1.807, 2.05) is 17.8 Å². The van der Waals surface area contributed by atoms with Gasteiger partial charge in [-0.1, -0.05) is 6.07 Å². The number of hydrogen-bond acceptors (Lipinski definition) is 2. The molecule has 0 amide bonds. The Kier molecular flexibility index (Phi) is 3.29. The molecular formula is C14H17FN2S. The number of nitrogens with one attached hydrogen (secondary N) is 1. The van der Waals surface area contributed by atoms with Gasteiger partial charge in [0, 0.05) is 18.7 Å². The molecule has 2 nitrogen and oxygen atoms in total. The predicted molar refractivity (Wildman–Crippen MR) is 73.7 cm³/mol. The normalized spacial score (nSPS) is 20.3. The minimum Gasteiger partial charge on any atom is -0.352 e. The molecule has 0 bridgehead atoms. The fraction of sp³-hybridized carbons (Fsp3) is 0.500. The van der Waals surface area contributed by atoms with Crippen molar-refractivity contribution in [2.45, 2.75) is 19.4 Å². The fourth-order valence-electron chi connectivity index (χ4n) is 2.76. The fourth-order valence-corrected chi connectivity index (χ4v) is 3.96. The molecule has 1 aromatic rings. The minimum absolute atomic E-state index is 0.241. The summed E-state index contributed by atoms with van der Waals surface area (Å²) in [5.74, 6) is 3.45. The summed E-state index contributed by atoms with van der Waals surface area (Å²) in [6.07, 6.45) is 2.50. The van der Waals surface area contributed by atoms with Gasteiger partial charge < -0.3 is 4.90 Å². The zero-order valence-electron chi connectivity index (χ0n) is 10.3. The quantitative estimate of drug-likeness (QED) is 0.888. The van der Waals surface area contributed by atoms with Gasteiger partial charge >= 0.3 is 0 Å². The van der Waals surface area contributed by atoms with Crippen molar-refractivity contribution >= 4 is 17.6 Å². The van der Waals surface area contributed by atoms with Gasteiger partial charge in [0.2, 0.25) is 0 Å². The predicted octanol–water partition coefficient (Wildman–Crippen LogP) is 3.11. The van der Waals surface area contributed by atoms with Gasteiger partial charge in [0.15, 0.2) is 0 Å². The molecule has 96 valence electrons. The molecule has 1 fully saturated rings. The molecule has 2 aliphatic heterocycles. The molecule has 0 saturated carbocycles. The highest BCUT2D eigenvalue weighted by Gasteiger charge is 2.27. The molecule has 1 saturated heterocycles. The molecule has 2 heterocycles. The Hall–Kier alpha value is -1.03. The maximum Gasteiger partial charge on any atom is 0.128 e. The van der Waals surface area contributed by atoms with E-state index in [1.54, 1.807) is 0 Å². The lowest BCUT2D eigenvalue weighted by molar-refractivity contribution is 0.326. The van der Waals surface area contributed by atoms with Crippen LogP contribution in [0.4, 0.5) is 4.39 Å². The first-order valence-corrected chi connectivity index (χ1v) is 7.59. The van der Waals surface area contributed by atoms with Gasteiger partial charge in [-0.3, -0.25) is 5.41 Å². The zero-order chi connectivity index (χ0) is 12.5. The molecule has 0 radical (unpaired) electrons. The van der Waals surface area contributed by atoms with E-state index in [9.17, 15) is 4.39 Å². The van der Waals surface area contributed by atoms with E-state index >= 15 is 0 Å². The third-order valence-corrected chi connectivity index (χ3v) is 4.87. The number of benzene rings is 1.